The first-order valence-corrected chi connectivity index (χ1v) is 16.4. The molecule has 44 heavy (non-hydrogen) atoms. The molecule has 2 aromatic heterocycles. The summed E-state index contributed by atoms with van der Waals surface area (Å²) in [6.07, 6.45) is 19.3. The zero-order valence-corrected chi connectivity index (χ0v) is 29.4. The van der Waals surface area contributed by atoms with Crippen molar-refractivity contribution in [3.8, 4) is 11.3 Å². The number of hydrogen-bond donors (Lipinski definition) is 0. The Bertz CT molecular complexity index is 1670. The van der Waals surface area contributed by atoms with Crippen molar-refractivity contribution in [2.75, 3.05) is 0 Å². The summed E-state index contributed by atoms with van der Waals surface area (Å²) in [6.45, 7) is 11.0. The van der Waals surface area contributed by atoms with Gasteiger partial charge in [0.15, 0.2) is 0 Å². The van der Waals surface area contributed by atoms with Crippen LogP contribution in [0.2, 0.25) is 0 Å². The van der Waals surface area contributed by atoms with Gasteiger partial charge in [-0.3, -0.25) is 9.98 Å². The Labute approximate surface area is 277 Å². The first kappa shape index (κ1) is 32.5. The van der Waals surface area contributed by atoms with Crippen LogP contribution in [0.4, 0.5) is 0 Å². The van der Waals surface area contributed by atoms with Crippen LogP contribution < -0.4 is 0 Å². The molecule has 0 atom stereocenters. The molecule has 0 spiro atoms. The maximum absolute atomic E-state index is 4.85. The fourth-order valence-corrected chi connectivity index (χ4v) is 7.40. The van der Waals surface area contributed by atoms with Gasteiger partial charge in [-0.15, -0.1) is 29.3 Å². The molecule has 2 saturated carbocycles. The molecule has 2 fully saturated rings. The van der Waals surface area contributed by atoms with Crippen LogP contribution in [0.25, 0.3) is 38.2 Å². The molecule has 0 bridgehead atoms. The van der Waals surface area contributed by atoms with Gasteiger partial charge < -0.3 is 10.3 Å². The third-order valence-corrected chi connectivity index (χ3v) is 9.58. The molecule has 0 N–H and O–H groups in total. The van der Waals surface area contributed by atoms with Gasteiger partial charge in [0.05, 0.1) is 6.04 Å². The Morgan fingerprint density at radius 1 is 0.886 bits per heavy atom. The maximum atomic E-state index is 4.85. The van der Waals surface area contributed by atoms with Crippen LogP contribution in [0, 0.1) is 13.0 Å². The average Bonchev–Trinajstić information content (AvgIpc) is 3.00. The standard InChI is InChI=1S/C22H17N2.C17H29N2.Ir/c1-13-9-15-6-8-24-21-16-12-19-14(5-4-7-23-19)11-17(16)22(2,3)18(10-13)20(15)21;1-14(18-16-9-5-3-6-10-16)13-15(2)19-17-11-7-4-8-12-17;/h4-11H,1-3H3;13,16-17H,3-12H2,1-2H3;/q2*-1;/b;14-13-,19-15?;. The number of fused-ring (bicyclic) bond motifs is 3. The van der Waals surface area contributed by atoms with Gasteiger partial charge in [0.25, 0.3) is 0 Å². The number of aromatic nitrogens is 2. The van der Waals surface area contributed by atoms with Crippen LogP contribution in [0.15, 0.2) is 65.6 Å². The molecule has 4 aromatic rings. The molecule has 4 nitrogen and oxygen atoms in total. The third-order valence-electron chi connectivity index (χ3n) is 9.58. The second-order valence-electron chi connectivity index (χ2n) is 13.5. The number of nitrogens with zero attached hydrogens (tertiary/aromatic N) is 4. The van der Waals surface area contributed by atoms with Gasteiger partial charge in [-0.05, 0) is 65.7 Å². The summed E-state index contributed by atoms with van der Waals surface area (Å²) in [5, 5.41) is 8.49. The first-order chi connectivity index (χ1) is 20.8. The van der Waals surface area contributed by atoms with E-state index in [1.807, 2.05) is 18.5 Å². The summed E-state index contributed by atoms with van der Waals surface area (Å²) in [5.74, 6) is 0. The molecular formula is C39H46IrN4-2. The molecule has 1 radical (unpaired) electrons. The minimum absolute atomic E-state index is 0. The van der Waals surface area contributed by atoms with Gasteiger partial charge in [0.2, 0.25) is 0 Å². The van der Waals surface area contributed by atoms with Crippen LogP contribution in [0.5, 0.6) is 0 Å². The number of hydrogen-bond acceptors (Lipinski definition) is 3. The van der Waals surface area contributed by atoms with Crippen molar-refractivity contribution in [1.29, 1.82) is 0 Å². The molecule has 0 unspecified atom stereocenters. The number of pyridine rings is 2. The van der Waals surface area contributed by atoms with Crippen molar-refractivity contribution in [2.24, 2.45) is 4.99 Å². The van der Waals surface area contributed by atoms with E-state index in [4.69, 9.17) is 15.3 Å². The van der Waals surface area contributed by atoms with E-state index in [0.717, 1.165) is 22.2 Å². The molecule has 0 amide bonds. The van der Waals surface area contributed by atoms with Crippen molar-refractivity contribution in [2.45, 2.75) is 116 Å². The van der Waals surface area contributed by atoms with Crippen molar-refractivity contribution in [3.05, 3.63) is 88.6 Å². The molecular weight excluding hydrogens is 717 g/mol. The SMILES string of the molecule is CC(/C=C(/C)[N-]C1CCCCC1)=NC1CCCCC1.Cc1cc2c3c(nccc3c1)-c1[c-]c3ncccc3cc1C2(C)C.[Ir]. The van der Waals surface area contributed by atoms with Crippen LogP contribution in [-0.2, 0) is 25.5 Å². The summed E-state index contributed by atoms with van der Waals surface area (Å²) < 4.78 is 0. The summed E-state index contributed by atoms with van der Waals surface area (Å²) >= 11 is 0. The zero-order chi connectivity index (χ0) is 30.0. The van der Waals surface area contributed by atoms with E-state index >= 15 is 0 Å². The second kappa shape index (κ2) is 14.0. The minimum Gasteiger partial charge on any atom is -0.685 e. The van der Waals surface area contributed by atoms with Crippen LogP contribution >= 0.6 is 0 Å². The topological polar surface area (TPSA) is 52.2 Å². The number of rotatable bonds is 4. The molecule has 2 aromatic carbocycles. The summed E-state index contributed by atoms with van der Waals surface area (Å²) in [6, 6.07) is 17.7. The van der Waals surface area contributed by atoms with Gasteiger partial charge in [-0.1, -0.05) is 113 Å². The molecule has 2 heterocycles. The Hall–Kier alpha value is -2.88. The van der Waals surface area contributed by atoms with E-state index in [1.54, 1.807) is 0 Å². The maximum Gasteiger partial charge on any atom is 0.0502 e. The molecule has 5 heteroatoms. The zero-order valence-electron chi connectivity index (χ0n) is 27.0. The van der Waals surface area contributed by atoms with Gasteiger partial charge in [-0.25, -0.2) is 0 Å². The predicted octanol–water partition coefficient (Wildman–Crippen LogP) is 10.6. The molecule has 7 rings (SSSR count). The van der Waals surface area contributed by atoms with E-state index in [1.165, 1.54) is 103 Å². The Balaban J connectivity index is 0.000000176. The van der Waals surface area contributed by atoms with E-state index in [2.05, 4.69) is 82.1 Å². The van der Waals surface area contributed by atoms with E-state index in [9.17, 15) is 0 Å². The Morgan fingerprint density at radius 3 is 2.36 bits per heavy atom. The Kier molecular flexibility index (Phi) is 10.4. The van der Waals surface area contributed by atoms with E-state index < -0.39 is 0 Å². The van der Waals surface area contributed by atoms with E-state index in [0.29, 0.717) is 12.1 Å². The van der Waals surface area contributed by atoms with Crippen molar-refractivity contribution >= 4 is 27.4 Å². The quantitative estimate of drug-likeness (QED) is 0.154. The number of aryl methyl sites for hydroxylation is 1. The number of benzene rings is 2. The Morgan fingerprint density at radius 2 is 1.61 bits per heavy atom. The monoisotopic (exact) mass is 763 g/mol. The van der Waals surface area contributed by atoms with Crippen LogP contribution in [-0.4, -0.2) is 27.8 Å². The molecule has 233 valence electrons. The van der Waals surface area contributed by atoms with Crippen LogP contribution in [0.3, 0.4) is 0 Å². The minimum atomic E-state index is -0.0871. The third kappa shape index (κ3) is 7.00. The largest absolute Gasteiger partial charge is 0.685 e. The summed E-state index contributed by atoms with van der Waals surface area (Å²) in [7, 11) is 0. The van der Waals surface area contributed by atoms with Crippen molar-refractivity contribution in [1.82, 2.24) is 9.97 Å². The fraction of sp³-hybridized carbons (Fsp3) is 0.462. The fourth-order valence-electron chi connectivity index (χ4n) is 7.40. The molecule has 3 aliphatic carbocycles. The van der Waals surface area contributed by atoms with Crippen molar-refractivity contribution in [3.63, 3.8) is 0 Å². The van der Waals surface area contributed by atoms with Gasteiger partial charge in [-0.2, -0.15) is 5.70 Å². The van der Waals surface area contributed by atoms with Gasteiger partial charge >= 0.3 is 0 Å². The smallest absolute Gasteiger partial charge is 0.0502 e. The molecule has 3 aliphatic rings. The predicted molar refractivity (Wildman–Crippen MR) is 182 cm³/mol. The van der Waals surface area contributed by atoms with E-state index in [-0.39, 0.29) is 25.5 Å². The number of allylic oxidation sites excluding steroid dienone is 2. The first-order valence-electron chi connectivity index (χ1n) is 16.4. The van der Waals surface area contributed by atoms with Crippen LogP contribution in [0.1, 0.15) is 109 Å². The molecule has 0 aliphatic heterocycles. The average molecular weight is 763 g/mol. The van der Waals surface area contributed by atoms with Crippen molar-refractivity contribution < 1.29 is 20.1 Å². The number of aliphatic imine (C=N–C) groups is 1. The summed E-state index contributed by atoms with van der Waals surface area (Å²) in [5.41, 5.74) is 9.20. The summed E-state index contributed by atoms with van der Waals surface area (Å²) in [4.78, 5) is 14.1. The van der Waals surface area contributed by atoms with Gasteiger partial charge in [0, 0.05) is 38.2 Å². The molecule has 0 saturated heterocycles. The second-order valence-corrected chi connectivity index (χ2v) is 13.5. The normalized spacial score (nSPS) is 18.7. The van der Waals surface area contributed by atoms with Gasteiger partial charge in [0.1, 0.15) is 0 Å².